The third-order valence-corrected chi connectivity index (χ3v) is 4.56. The van der Waals surface area contributed by atoms with Crippen LogP contribution in [0, 0.1) is 0 Å². The maximum Gasteiger partial charge on any atom is 0.338 e. The summed E-state index contributed by atoms with van der Waals surface area (Å²) in [5.41, 5.74) is -0.611. The van der Waals surface area contributed by atoms with Crippen LogP contribution in [0.15, 0.2) is 43.0 Å². The zero-order chi connectivity index (χ0) is 16.4. The predicted molar refractivity (Wildman–Crippen MR) is 84.1 cm³/mol. The molecule has 2 aliphatic heterocycles. The second-order valence-electron chi connectivity index (χ2n) is 6.05. The van der Waals surface area contributed by atoms with Crippen molar-refractivity contribution in [1.82, 2.24) is 0 Å². The van der Waals surface area contributed by atoms with Crippen molar-refractivity contribution < 1.29 is 24.1 Å². The molecular formula is C18H22O5. The zero-order valence-electron chi connectivity index (χ0n) is 13.2. The molecule has 5 heteroatoms. The van der Waals surface area contributed by atoms with Crippen molar-refractivity contribution in [3.63, 3.8) is 0 Å². The summed E-state index contributed by atoms with van der Waals surface area (Å²) >= 11 is 0. The van der Waals surface area contributed by atoms with E-state index in [1.54, 1.807) is 24.3 Å². The van der Waals surface area contributed by atoms with E-state index in [4.69, 9.17) is 14.2 Å². The number of carbonyl (C=O) groups is 1. The summed E-state index contributed by atoms with van der Waals surface area (Å²) < 4.78 is 17.3. The van der Waals surface area contributed by atoms with E-state index < -0.39 is 23.8 Å². The lowest BCUT2D eigenvalue weighted by Crippen LogP contribution is -2.52. The summed E-state index contributed by atoms with van der Waals surface area (Å²) in [4.78, 5) is 12.3. The summed E-state index contributed by atoms with van der Waals surface area (Å²) in [6.45, 7) is 5.99. The summed E-state index contributed by atoms with van der Waals surface area (Å²) in [6.07, 6.45) is 1.08. The normalized spacial score (nSPS) is 33.4. The van der Waals surface area contributed by atoms with Crippen molar-refractivity contribution in [2.75, 3.05) is 6.61 Å². The van der Waals surface area contributed by atoms with Crippen LogP contribution in [0.3, 0.4) is 0 Å². The number of fused-ring (bicyclic) bond motifs is 2. The highest BCUT2D eigenvalue weighted by Gasteiger charge is 2.64. The first-order chi connectivity index (χ1) is 11.1. The molecule has 5 atom stereocenters. The van der Waals surface area contributed by atoms with Gasteiger partial charge in [-0.15, -0.1) is 0 Å². The van der Waals surface area contributed by atoms with Gasteiger partial charge in [-0.2, -0.15) is 0 Å². The SMILES string of the molecule is C=C[C@H](OC(=O)c1ccccc1)[C@@]12CO[C@@H]([C@H](CCC)O1)[C@@H]2O. The van der Waals surface area contributed by atoms with Crippen LogP contribution in [-0.2, 0) is 14.2 Å². The molecule has 2 aliphatic rings. The van der Waals surface area contributed by atoms with E-state index in [-0.39, 0.29) is 18.8 Å². The molecular weight excluding hydrogens is 296 g/mol. The second kappa shape index (κ2) is 6.43. The molecule has 0 aromatic heterocycles. The van der Waals surface area contributed by atoms with Crippen molar-refractivity contribution >= 4 is 5.97 Å². The molecule has 0 aliphatic carbocycles. The minimum Gasteiger partial charge on any atom is -0.451 e. The largest absolute Gasteiger partial charge is 0.451 e. The first kappa shape index (κ1) is 16.2. The van der Waals surface area contributed by atoms with Gasteiger partial charge >= 0.3 is 5.97 Å². The Kier molecular flexibility index (Phi) is 4.53. The third-order valence-electron chi connectivity index (χ3n) is 4.56. The molecule has 1 N–H and O–H groups in total. The van der Waals surface area contributed by atoms with Crippen molar-refractivity contribution in [2.24, 2.45) is 0 Å². The Hall–Kier alpha value is -1.69. The highest BCUT2D eigenvalue weighted by atomic mass is 16.7. The van der Waals surface area contributed by atoms with Crippen LogP contribution in [0.5, 0.6) is 0 Å². The Morgan fingerprint density at radius 1 is 1.52 bits per heavy atom. The van der Waals surface area contributed by atoms with Gasteiger partial charge in [0.15, 0.2) is 11.7 Å². The minimum atomic E-state index is -1.06. The van der Waals surface area contributed by atoms with E-state index >= 15 is 0 Å². The van der Waals surface area contributed by atoms with Crippen LogP contribution in [0.4, 0.5) is 0 Å². The van der Waals surface area contributed by atoms with E-state index in [0.29, 0.717) is 5.56 Å². The number of rotatable bonds is 6. The molecule has 3 rings (SSSR count). The van der Waals surface area contributed by atoms with Crippen molar-refractivity contribution in [3.05, 3.63) is 48.6 Å². The lowest BCUT2D eigenvalue weighted by Gasteiger charge is -2.35. The van der Waals surface area contributed by atoms with E-state index in [1.165, 1.54) is 6.08 Å². The molecule has 5 nitrogen and oxygen atoms in total. The molecule has 0 saturated carbocycles. The van der Waals surface area contributed by atoms with Gasteiger partial charge in [0.25, 0.3) is 0 Å². The van der Waals surface area contributed by atoms with E-state index in [0.717, 1.165) is 12.8 Å². The van der Waals surface area contributed by atoms with Gasteiger partial charge in [0.1, 0.15) is 12.2 Å². The predicted octanol–water partition coefficient (Wildman–Crippen LogP) is 2.10. The van der Waals surface area contributed by atoms with Gasteiger partial charge in [0.2, 0.25) is 0 Å². The molecule has 0 amide bonds. The van der Waals surface area contributed by atoms with Crippen molar-refractivity contribution in [3.8, 4) is 0 Å². The summed E-state index contributed by atoms with van der Waals surface area (Å²) in [7, 11) is 0. The van der Waals surface area contributed by atoms with Gasteiger partial charge in [-0.3, -0.25) is 0 Å². The Morgan fingerprint density at radius 3 is 2.91 bits per heavy atom. The average molecular weight is 318 g/mol. The fourth-order valence-corrected chi connectivity index (χ4v) is 3.37. The zero-order valence-corrected chi connectivity index (χ0v) is 13.2. The number of benzene rings is 1. The molecule has 0 unspecified atom stereocenters. The second-order valence-corrected chi connectivity index (χ2v) is 6.05. The Morgan fingerprint density at radius 2 is 2.26 bits per heavy atom. The lowest BCUT2D eigenvalue weighted by molar-refractivity contribution is -0.179. The van der Waals surface area contributed by atoms with E-state index in [2.05, 4.69) is 13.5 Å². The highest BCUT2D eigenvalue weighted by Crippen LogP contribution is 2.44. The number of aliphatic hydroxyl groups is 1. The van der Waals surface area contributed by atoms with Gasteiger partial charge in [0.05, 0.1) is 18.3 Å². The summed E-state index contributed by atoms with van der Waals surface area (Å²) in [5.74, 6) is -0.469. The number of hydrogen-bond acceptors (Lipinski definition) is 5. The number of hydrogen-bond donors (Lipinski definition) is 1. The van der Waals surface area contributed by atoms with E-state index in [9.17, 15) is 9.90 Å². The molecule has 2 saturated heterocycles. The van der Waals surface area contributed by atoms with Crippen LogP contribution >= 0.6 is 0 Å². The Labute approximate surface area is 135 Å². The molecule has 23 heavy (non-hydrogen) atoms. The fraction of sp³-hybridized carbons (Fsp3) is 0.500. The summed E-state index contributed by atoms with van der Waals surface area (Å²) in [5, 5.41) is 10.6. The minimum absolute atomic E-state index is 0.179. The number of aliphatic hydroxyl groups excluding tert-OH is 1. The van der Waals surface area contributed by atoms with Gasteiger partial charge in [-0.25, -0.2) is 4.79 Å². The van der Waals surface area contributed by atoms with Crippen LogP contribution in [0.25, 0.3) is 0 Å². The van der Waals surface area contributed by atoms with Crippen LogP contribution < -0.4 is 0 Å². The van der Waals surface area contributed by atoms with Crippen LogP contribution in [0.1, 0.15) is 30.1 Å². The summed E-state index contributed by atoms with van der Waals surface area (Å²) in [6, 6.07) is 8.73. The highest BCUT2D eigenvalue weighted by molar-refractivity contribution is 5.89. The molecule has 2 heterocycles. The molecule has 124 valence electrons. The molecule has 2 bridgehead atoms. The Balaban J connectivity index is 1.78. The molecule has 0 spiro atoms. The quantitative estimate of drug-likeness (QED) is 0.643. The lowest BCUT2D eigenvalue weighted by atomic mass is 9.91. The van der Waals surface area contributed by atoms with Crippen molar-refractivity contribution in [1.29, 1.82) is 0 Å². The standard InChI is InChI=1S/C18H22O5/c1-3-8-13-15-16(19)18(23-13,11-21-15)14(4-2)22-17(20)12-9-6-5-7-10-12/h4-7,9-10,13-16,19H,2-3,8,11H2,1H3/t13-,14-,15-,16-,18+/m0/s1. The first-order valence-corrected chi connectivity index (χ1v) is 7.98. The number of carbonyl (C=O) groups excluding carboxylic acids is 1. The third kappa shape index (κ3) is 2.69. The molecule has 1 aromatic rings. The monoisotopic (exact) mass is 318 g/mol. The van der Waals surface area contributed by atoms with Gasteiger partial charge in [-0.1, -0.05) is 38.1 Å². The smallest absolute Gasteiger partial charge is 0.338 e. The topological polar surface area (TPSA) is 65.0 Å². The fourth-order valence-electron chi connectivity index (χ4n) is 3.37. The van der Waals surface area contributed by atoms with E-state index in [1.807, 2.05) is 6.07 Å². The van der Waals surface area contributed by atoms with Gasteiger partial charge in [0, 0.05) is 0 Å². The number of ether oxygens (including phenoxy) is 3. The van der Waals surface area contributed by atoms with Gasteiger partial charge < -0.3 is 19.3 Å². The maximum atomic E-state index is 12.3. The molecule has 1 aromatic carbocycles. The molecule has 2 fully saturated rings. The Bertz CT molecular complexity index is 572. The molecule has 0 radical (unpaired) electrons. The van der Waals surface area contributed by atoms with Crippen molar-refractivity contribution in [2.45, 2.75) is 49.8 Å². The first-order valence-electron chi connectivity index (χ1n) is 7.98. The van der Waals surface area contributed by atoms with Gasteiger partial charge in [-0.05, 0) is 24.6 Å². The maximum absolute atomic E-state index is 12.3. The average Bonchev–Trinajstić information content (AvgIpc) is 3.04. The van der Waals surface area contributed by atoms with Crippen LogP contribution in [-0.4, -0.2) is 47.7 Å². The van der Waals surface area contributed by atoms with Crippen LogP contribution in [0.2, 0.25) is 0 Å². The number of esters is 1.